The van der Waals surface area contributed by atoms with E-state index in [0.29, 0.717) is 12.8 Å². The number of carbonyl (C=O) groups excluding carboxylic acids is 3. The molecular formula is C27H32N2O5. The summed E-state index contributed by atoms with van der Waals surface area (Å²) in [6.07, 6.45) is 4.74. The summed E-state index contributed by atoms with van der Waals surface area (Å²) in [4.78, 5) is 38.9. The van der Waals surface area contributed by atoms with Gasteiger partial charge in [0.1, 0.15) is 12.5 Å². The fraction of sp³-hybridized carbons (Fsp3) is 0.370. The molecule has 7 nitrogen and oxygen atoms in total. The molecule has 3 rings (SSSR count). The van der Waals surface area contributed by atoms with Crippen LogP contribution in [0.4, 0.5) is 0 Å². The van der Waals surface area contributed by atoms with Gasteiger partial charge in [0.2, 0.25) is 11.8 Å². The van der Waals surface area contributed by atoms with Gasteiger partial charge in [0.05, 0.1) is 18.6 Å². The highest BCUT2D eigenvalue weighted by atomic mass is 16.5. The summed E-state index contributed by atoms with van der Waals surface area (Å²) in [6, 6.07) is 17.9. The molecule has 4 atom stereocenters. The van der Waals surface area contributed by atoms with E-state index in [1.54, 1.807) is 13.0 Å². The third-order valence-corrected chi connectivity index (χ3v) is 5.82. The molecule has 1 aliphatic rings. The monoisotopic (exact) mass is 464 g/mol. The molecule has 2 aromatic carbocycles. The number of allylic oxidation sites excluding steroid dienone is 2. The van der Waals surface area contributed by atoms with Crippen molar-refractivity contribution in [2.45, 2.75) is 38.3 Å². The van der Waals surface area contributed by atoms with Crippen LogP contribution in [0.5, 0.6) is 0 Å². The molecular weight excluding hydrogens is 432 g/mol. The first-order valence-electron chi connectivity index (χ1n) is 11.6. The van der Waals surface area contributed by atoms with Crippen molar-refractivity contribution in [3.8, 4) is 0 Å². The van der Waals surface area contributed by atoms with Crippen LogP contribution in [0.1, 0.15) is 36.9 Å². The largest absolute Gasteiger partial charge is 0.463 e. The van der Waals surface area contributed by atoms with Crippen LogP contribution in [0.25, 0.3) is 0 Å². The average Bonchev–Trinajstić information content (AvgIpc) is 2.85. The molecule has 180 valence electrons. The molecule has 2 amide bonds. The van der Waals surface area contributed by atoms with Gasteiger partial charge < -0.3 is 20.5 Å². The van der Waals surface area contributed by atoms with Crippen molar-refractivity contribution in [3.63, 3.8) is 0 Å². The quantitative estimate of drug-likeness (QED) is 0.346. The fourth-order valence-corrected chi connectivity index (χ4v) is 3.84. The van der Waals surface area contributed by atoms with Crippen LogP contribution in [-0.2, 0) is 25.5 Å². The Hall–Kier alpha value is -3.45. The summed E-state index contributed by atoms with van der Waals surface area (Å²) >= 11 is 0. The SMILES string of the molecule is C[C@H](CO)NC(=O)C1CC=CCC(Cc2ccccc2)C(=O)OCC(c2ccccc2)NC1=O. The van der Waals surface area contributed by atoms with E-state index in [4.69, 9.17) is 4.74 Å². The van der Waals surface area contributed by atoms with Crippen LogP contribution < -0.4 is 10.6 Å². The maximum Gasteiger partial charge on any atom is 0.309 e. The van der Waals surface area contributed by atoms with Gasteiger partial charge in [0, 0.05) is 6.04 Å². The number of ether oxygens (including phenoxy) is 1. The fourth-order valence-electron chi connectivity index (χ4n) is 3.84. The Labute approximate surface area is 200 Å². The average molecular weight is 465 g/mol. The van der Waals surface area contributed by atoms with E-state index in [0.717, 1.165) is 11.1 Å². The zero-order chi connectivity index (χ0) is 24.3. The van der Waals surface area contributed by atoms with Crippen molar-refractivity contribution in [2.75, 3.05) is 13.2 Å². The van der Waals surface area contributed by atoms with Crippen molar-refractivity contribution < 1.29 is 24.2 Å². The topological polar surface area (TPSA) is 105 Å². The maximum absolute atomic E-state index is 13.1. The Bertz CT molecular complexity index is 977. The highest BCUT2D eigenvalue weighted by Gasteiger charge is 2.30. The van der Waals surface area contributed by atoms with Crippen LogP contribution in [0.2, 0.25) is 0 Å². The van der Waals surface area contributed by atoms with Crippen LogP contribution in [0.3, 0.4) is 0 Å². The first kappa shape index (κ1) is 25.2. The lowest BCUT2D eigenvalue weighted by Gasteiger charge is -2.25. The molecule has 0 spiro atoms. The lowest BCUT2D eigenvalue weighted by molar-refractivity contribution is -0.150. The van der Waals surface area contributed by atoms with Crippen molar-refractivity contribution in [1.82, 2.24) is 10.6 Å². The standard InChI is InChI=1S/C27H32N2O5/c1-19(17-30)28-25(31)23-15-9-8-14-22(16-20-10-4-2-5-11-20)27(33)34-18-24(29-26(23)32)21-12-6-3-7-13-21/h2-13,19,22-24,30H,14-18H2,1H3,(H,28,31)(H,29,32)/t19-,22?,23?,24?/m1/s1. The lowest BCUT2D eigenvalue weighted by atomic mass is 9.94. The van der Waals surface area contributed by atoms with Crippen molar-refractivity contribution >= 4 is 17.8 Å². The predicted molar refractivity (Wildman–Crippen MR) is 128 cm³/mol. The minimum atomic E-state index is -0.973. The number of aliphatic hydroxyl groups excluding tert-OH is 1. The number of nitrogens with one attached hydrogen (secondary N) is 2. The number of aliphatic hydroxyl groups is 1. The van der Waals surface area contributed by atoms with E-state index in [-0.39, 0.29) is 31.5 Å². The zero-order valence-corrected chi connectivity index (χ0v) is 19.4. The molecule has 3 unspecified atom stereocenters. The normalized spacial score (nSPS) is 22.5. The second kappa shape index (κ2) is 12.7. The Balaban J connectivity index is 1.85. The number of hydrogen-bond donors (Lipinski definition) is 3. The van der Waals surface area contributed by atoms with E-state index >= 15 is 0 Å². The number of benzene rings is 2. The van der Waals surface area contributed by atoms with E-state index in [9.17, 15) is 19.5 Å². The summed E-state index contributed by atoms with van der Waals surface area (Å²) in [5.41, 5.74) is 1.81. The summed E-state index contributed by atoms with van der Waals surface area (Å²) < 4.78 is 5.67. The van der Waals surface area contributed by atoms with Gasteiger partial charge in [-0.2, -0.15) is 0 Å². The van der Waals surface area contributed by atoms with Gasteiger partial charge in [-0.05, 0) is 37.3 Å². The van der Waals surface area contributed by atoms with Crippen LogP contribution in [-0.4, -0.2) is 42.1 Å². The number of carbonyl (C=O) groups is 3. The Morgan fingerprint density at radius 3 is 2.38 bits per heavy atom. The predicted octanol–water partition coefficient (Wildman–Crippen LogP) is 2.71. The number of hydrogen-bond acceptors (Lipinski definition) is 5. The van der Waals surface area contributed by atoms with Gasteiger partial charge in [-0.1, -0.05) is 72.8 Å². The molecule has 3 N–H and O–H groups in total. The molecule has 0 saturated heterocycles. The minimum absolute atomic E-state index is 0.0367. The number of rotatable bonds is 6. The second-order valence-electron chi connectivity index (χ2n) is 8.58. The van der Waals surface area contributed by atoms with Crippen LogP contribution >= 0.6 is 0 Å². The number of amides is 2. The lowest BCUT2D eigenvalue weighted by Crippen LogP contribution is -2.46. The van der Waals surface area contributed by atoms with Crippen molar-refractivity contribution in [3.05, 3.63) is 83.9 Å². The second-order valence-corrected chi connectivity index (χ2v) is 8.58. The van der Waals surface area contributed by atoms with Crippen molar-refractivity contribution in [2.24, 2.45) is 11.8 Å². The minimum Gasteiger partial charge on any atom is -0.463 e. The molecule has 7 heteroatoms. The first-order valence-corrected chi connectivity index (χ1v) is 11.6. The molecule has 0 fully saturated rings. The molecule has 0 saturated carbocycles. The van der Waals surface area contributed by atoms with Gasteiger partial charge in [0.25, 0.3) is 0 Å². The molecule has 1 aliphatic heterocycles. The molecule has 0 aliphatic carbocycles. The molecule has 0 bridgehead atoms. The smallest absolute Gasteiger partial charge is 0.309 e. The molecule has 34 heavy (non-hydrogen) atoms. The van der Waals surface area contributed by atoms with E-state index in [1.807, 2.05) is 66.7 Å². The molecule has 2 aromatic rings. The van der Waals surface area contributed by atoms with Gasteiger partial charge in [-0.3, -0.25) is 14.4 Å². The first-order chi connectivity index (χ1) is 16.5. The van der Waals surface area contributed by atoms with E-state index < -0.39 is 29.8 Å². The third-order valence-electron chi connectivity index (χ3n) is 5.82. The van der Waals surface area contributed by atoms with E-state index in [1.165, 1.54) is 0 Å². The van der Waals surface area contributed by atoms with Gasteiger partial charge >= 0.3 is 5.97 Å². The third kappa shape index (κ3) is 7.28. The molecule has 0 aromatic heterocycles. The Morgan fingerprint density at radius 2 is 1.71 bits per heavy atom. The summed E-state index contributed by atoms with van der Waals surface area (Å²) in [7, 11) is 0. The van der Waals surface area contributed by atoms with E-state index in [2.05, 4.69) is 10.6 Å². The Kier molecular flexibility index (Phi) is 9.40. The van der Waals surface area contributed by atoms with Crippen LogP contribution in [0.15, 0.2) is 72.8 Å². The maximum atomic E-state index is 13.1. The highest BCUT2D eigenvalue weighted by molar-refractivity contribution is 6.00. The highest BCUT2D eigenvalue weighted by Crippen LogP contribution is 2.20. The molecule has 1 heterocycles. The summed E-state index contributed by atoms with van der Waals surface area (Å²) in [6.45, 7) is 1.41. The summed E-state index contributed by atoms with van der Waals surface area (Å²) in [5, 5.41) is 14.8. The van der Waals surface area contributed by atoms with Crippen LogP contribution in [0, 0.1) is 11.8 Å². The Morgan fingerprint density at radius 1 is 1.06 bits per heavy atom. The van der Waals surface area contributed by atoms with Gasteiger partial charge in [-0.25, -0.2) is 0 Å². The van der Waals surface area contributed by atoms with Gasteiger partial charge in [-0.15, -0.1) is 0 Å². The number of cyclic esters (lactones) is 1. The number of esters is 1. The zero-order valence-electron chi connectivity index (χ0n) is 19.4. The molecule has 0 radical (unpaired) electrons. The summed E-state index contributed by atoms with van der Waals surface area (Å²) in [5.74, 6) is -2.59. The van der Waals surface area contributed by atoms with Crippen molar-refractivity contribution in [1.29, 1.82) is 0 Å². The van der Waals surface area contributed by atoms with Gasteiger partial charge in [0.15, 0.2) is 0 Å².